The van der Waals surface area contributed by atoms with Gasteiger partial charge in [-0.1, -0.05) is 90.0 Å². The van der Waals surface area contributed by atoms with Crippen molar-refractivity contribution in [3.8, 4) is 0 Å². The lowest BCUT2D eigenvalue weighted by Crippen LogP contribution is -1.82. The van der Waals surface area contributed by atoms with Gasteiger partial charge in [-0.15, -0.1) is 6.58 Å². The standard InChI is InChI=1S/C17H34.H2O/c1-3-5-7-9-11-13-15-17-16-14-12-10-8-6-4-2;/h3H,1,4-17H2,2H3;1H2. The second kappa shape index (κ2) is 19.0. The highest BCUT2D eigenvalue weighted by atomic mass is 16.0. The van der Waals surface area contributed by atoms with E-state index in [2.05, 4.69) is 13.5 Å². The van der Waals surface area contributed by atoms with Crippen LogP contribution in [-0.2, 0) is 0 Å². The van der Waals surface area contributed by atoms with Crippen LogP contribution in [-0.4, -0.2) is 5.48 Å². The first kappa shape index (κ1) is 20.0. The summed E-state index contributed by atoms with van der Waals surface area (Å²) in [6, 6.07) is 0. The fraction of sp³-hybridized carbons (Fsp3) is 0.882. The van der Waals surface area contributed by atoms with E-state index in [9.17, 15) is 0 Å². The Labute approximate surface area is 115 Å². The van der Waals surface area contributed by atoms with Crippen molar-refractivity contribution >= 4 is 0 Å². The van der Waals surface area contributed by atoms with Crippen LogP contribution in [0.1, 0.15) is 96.8 Å². The minimum Gasteiger partial charge on any atom is -0.412 e. The number of hydrogen-bond donors (Lipinski definition) is 0. The van der Waals surface area contributed by atoms with Gasteiger partial charge in [-0.2, -0.15) is 0 Å². The quantitative estimate of drug-likeness (QED) is 0.277. The number of allylic oxidation sites excluding steroid dienone is 1. The second-order valence-corrected chi connectivity index (χ2v) is 5.32. The average Bonchev–Trinajstić information content (AvgIpc) is 2.35. The zero-order valence-corrected chi connectivity index (χ0v) is 12.7. The van der Waals surface area contributed by atoms with Gasteiger partial charge >= 0.3 is 0 Å². The molecular formula is C17H36O. The van der Waals surface area contributed by atoms with Crippen molar-refractivity contribution < 1.29 is 5.48 Å². The molecule has 110 valence electrons. The first-order valence-corrected chi connectivity index (χ1v) is 8.02. The van der Waals surface area contributed by atoms with Crippen molar-refractivity contribution in [3.63, 3.8) is 0 Å². The van der Waals surface area contributed by atoms with E-state index >= 15 is 0 Å². The molecule has 0 saturated carbocycles. The van der Waals surface area contributed by atoms with Crippen LogP contribution in [0.5, 0.6) is 0 Å². The van der Waals surface area contributed by atoms with Crippen LogP contribution in [0.25, 0.3) is 0 Å². The molecular weight excluding hydrogens is 220 g/mol. The summed E-state index contributed by atoms with van der Waals surface area (Å²) in [4.78, 5) is 0. The third kappa shape index (κ3) is 18.1. The molecule has 0 rings (SSSR count). The van der Waals surface area contributed by atoms with Gasteiger partial charge in [-0.3, -0.25) is 0 Å². The maximum atomic E-state index is 3.75. The van der Waals surface area contributed by atoms with Crippen molar-refractivity contribution in [1.29, 1.82) is 0 Å². The lowest BCUT2D eigenvalue weighted by Gasteiger charge is -2.02. The summed E-state index contributed by atoms with van der Waals surface area (Å²) in [5, 5.41) is 0. The van der Waals surface area contributed by atoms with Crippen LogP contribution in [0.15, 0.2) is 12.7 Å². The molecule has 0 spiro atoms. The van der Waals surface area contributed by atoms with Crippen molar-refractivity contribution in [2.75, 3.05) is 0 Å². The van der Waals surface area contributed by atoms with E-state index in [1.54, 1.807) is 0 Å². The minimum absolute atomic E-state index is 0. The van der Waals surface area contributed by atoms with Crippen LogP contribution in [0.4, 0.5) is 0 Å². The summed E-state index contributed by atoms with van der Waals surface area (Å²) in [7, 11) is 0. The minimum atomic E-state index is 0. The van der Waals surface area contributed by atoms with Gasteiger partial charge in [0.1, 0.15) is 0 Å². The van der Waals surface area contributed by atoms with E-state index in [1.165, 1.54) is 89.9 Å². The molecule has 0 aliphatic heterocycles. The number of unbranched alkanes of at least 4 members (excludes halogenated alkanes) is 13. The Morgan fingerprint density at radius 2 is 0.944 bits per heavy atom. The predicted octanol–water partition coefficient (Wildman–Crippen LogP) is 5.83. The SMILES string of the molecule is C=CCCCCCCCCCCCCCCC.O. The first-order chi connectivity index (χ1) is 8.41. The fourth-order valence-electron chi connectivity index (χ4n) is 2.31. The van der Waals surface area contributed by atoms with Crippen molar-refractivity contribution in [3.05, 3.63) is 12.7 Å². The summed E-state index contributed by atoms with van der Waals surface area (Å²) < 4.78 is 0. The van der Waals surface area contributed by atoms with E-state index in [0.717, 1.165) is 0 Å². The predicted molar refractivity (Wildman–Crippen MR) is 84.1 cm³/mol. The Morgan fingerprint density at radius 1 is 0.611 bits per heavy atom. The number of rotatable bonds is 14. The van der Waals surface area contributed by atoms with Gasteiger partial charge in [0.15, 0.2) is 0 Å². The average molecular weight is 256 g/mol. The van der Waals surface area contributed by atoms with Gasteiger partial charge in [0, 0.05) is 0 Å². The van der Waals surface area contributed by atoms with Gasteiger partial charge in [-0.25, -0.2) is 0 Å². The van der Waals surface area contributed by atoms with Gasteiger partial charge < -0.3 is 5.48 Å². The molecule has 1 nitrogen and oxygen atoms in total. The summed E-state index contributed by atoms with van der Waals surface area (Å²) in [5.74, 6) is 0. The molecule has 0 radical (unpaired) electrons. The maximum Gasteiger partial charge on any atom is -0.0353 e. The molecule has 2 N–H and O–H groups in total. The third-order valence-electron chi connectivity index (χ3n) is 3.51. The van der Waals surface area contributed by atoms with Gasteiger partial charge in [-0.05, 0) is 12.8 Å². The van der Waals surface area contributed by atoms with Gasteiger partial charge in [0.2, 0.25) is 0 Å². The van der Waals surface area contributed by atoms with E-state index < -0.39 is 0 Å². The molecule has 0 aliphatic carbocycles. The lowest BCUT2D eigenvalue weighted by atomic mass is 10.0. The van der Waals surface area contributed by atoms with Crippen LogP contribution in [0.2, 0.25) is 0 Å². The topological polar surface area (TPSA) is 31.5 Å². The first-order valence-electron chi connectivity index (χ1n) is 8.02. The zero-order chi connectivity index (χ0) is 12.6. The van der Waals surface area contributed by atoms with Crippen LogP contribution < -0.4 is 0 Å². The smallest absolute Gasteiger partial charge is 0.0353 e. The monoisotopic (exact) mass is 256 g/mol. The van der Waals surface area contributed by atoms with Gasteiger partial charge in [0.25, 0.3) is 0 Å². The zero-order valence-electron chi connectivity index (χ0n) is 12.7. The second-order valence-electron chi connectivity index (χ2n) is 5.32. The highest BCUT2D eigenvalue weighted by Gasteiger charge is 1.93. The lowest BCUT2D eigenvalue weighted by molar-refractivity contribution is 0.540. The highest BCUT2D eigenvalue weighted by molar-refractivity contribution is 4.65. The van der Waals surface area contributed by atoms with Crippen molar-refractivity contribution in [1.82, 2.24) is 0 Å². The molecule has 0 unspecified atom stereocenters. The molecule has 1 heteroatoms. The van der Waals surface area contributed by atoms with Crippen molar-refractivity contribution in [2.24, 2.45) is 0 Å². The molecule has 0 heterocycles. The molecule has 0 bridgehead atoms. The molecule has 0 aromatic heterocycles. The highest BCUT2D eigenvalue weighted by Crippen LogP contribution is 2.12. The van der Waals surface area contributed by atoms with Crippen LogP contribution in [0.3, 0.4) is 0 Å². The van der Waals surface area contributed by atoms with Gasteiger partial charge in [0.05, 0.1) is 0 Å². The molecule has 0 aromatic rings. The molecule has 18 heavy (non-hydrogen) atoms. The van der Waals surface area contributed by atoms with Crippen LogP contribution in [0, 0.1) is 0 Å². The summed E-state index contributed by atoms with van der Waals surface area (Å²) >= 11 is 0. The molecule has 0 fully saturated rings. The maximum absolute atomic E-state index is 3.75. The molecule has 0 aromatic carbocycles. The molecule has 0 aliphatic rings. The Hall–Kier alpha value is -0.300. The van der Waals surface area contributed by atoms with E-state index in [1.807, 2.05) is 6.08 Å². The Kier molecular flexibility index (Phi) is 21.2. The number of hydrogen-bond acceptors (Lipinski definition) is 0. The molecule has 0 saturated heterocycles. The largest absolute Gasteiger partial charge is 0.412 e. The summed E-state index contributed by atoms with van der Waals surface area (Å²) in [6.45, 7) is 6.04. The summed E-state index contributed by atoms with van der Waals surface area (Å²) in [5.41, 5.74) is 0. The summed E-state index contributed by atoms with van der Waals surface area (Å²) in [6.07, 6.45) is 22.0. The normalized spacial score (nSPS) is 10.1. The van der Waals surface area contributed by atoms with Crippen molar-refractivity contribution in [2.45, 2.75) is 96.8 Å². The van der Waals surface area contributed by atoms with E-state index in [-0.39, 0.29) is 5.48 Å². The molecule has 0 amide bonds. The Morgan fingerprint density at radius 3 is 1.28 bits per heavy atom. The third-order valence-corrected chi connectivity index (χ3v) is 3.51. The van der Waals surface area contributed by atoms with E-state index in [4.69, 9.17) is 0 Å². The van der Waals surface area contributed by atoms with Crippen LogP contribution >= 0.6 is 0 Å². The molecule has 0 atom stereocenters. The Bertz CT molecular complexity index is 143. The Balaban J connectivity index is 0. The van der Waals surface area contributed by atoms with E-state index in [0.29, 0.717) is 0 Å². The fourth-order valence-corrected chi connectivity index (χ4v) is 2.31.